The summed E-state index contributed by atoms with van der Waals surface area (Å²) in [4.78, 5) is 14.7. The molecule has 2 aliphatic rings. The molecule has 1 amide bonds. The molecule has 7 heteroatoms. The Morgan fingerprint density at radius 3 is 2.18 bits per heavy atom. The Morgan fingerprint density at radius 2 is 1.61 bits per heavy atom. The van der Waals surface area contributed by atoms with Crippen molar-refractivity contribution in [1.82, 2.24) is 4.90 Å². The van der Waals surface area contributed by atoms with Crippen LogP contribution in [0.25, 0.3) is 0 Å². The van der Waals surface area contributed by atoms with Crippen molar-refractivity contribution >= 4 is 5.91 Å². The number of rotatable bonds is 2. The lowest BCUT2D eigenvalue weighted by Crippen LogP contribution is -2.46. The number of phenols is 1. The molecule has 2 aromatic carbocycles. The van der Waals surface area contributed by atoms with Gasteiger partial charge in [0.15, 0.2) is 0 Å². The van der Waals surface area contributed by atoms with Crippen LogP contribution in [-0.4, -0.2) is 28.0 Å². The summed E-state index contributed by atoms with van der Waals surface area (Å²) < 4.78 is 52.3. The molecule has 2 aliphatic heterocycles. The second-order valence-electron chi connectivity index (χ2n) is 7.55. The summed E-state index contributed by atoms with van der Waals surface area (Å²) >= 11 is 0. The number of amides is 1. The van der Waals surface area contributed by atoms with Crippen molar-refractivity contribution in [3.05, 3.63) is 65.0 Å². The smallest absolute Gasteiger partial charge is 0.419 e. The van der Waals surface area contributed by atoms with Gasteiger partial charge in [0.25, 0.3) is 5.91 Å². The van der Waals surface area contributed by atoms with Gasteiger partial charge in [0.2, 0.25) is 0 Å². The fourth-order valence-electron chi connectivity index (χ4n) is 4.56. The molecule has 0 radical (unpaired) electrons. The van der Waals surface area contributed by atoms with Crippen LogP contribution in [0.5, 0.6) is 5.75 Å². The first-order valence-electron chi connectivity index (χ1n) is 9.22. The number of alkyl halides is 3. The minimum absolute atomic E-state index is 0.0514. The highest BCUT2D eigenvalue weighted by atomic mass is 19.4. The summed E-state index contributed by atoms with van der Waals surface area (Å²) in [5.74, 6) is -1.42. The lowest BCUT2D eigenvalue weighted by molar-refractivity contribution is -0.138. The number of aromatic hydroxyl groups is 1. The molecule has 1 unspecified atom stereocenters. The normalized spacial score (nSPS) is 24.4. The van der Waals surface area contributed by atoms with Crippen LogP contribution in [0.3, 0.4) is 0 Å². The van der Waals surface area contributed by atoms with Gasteiger partial charge in [-0.15, -0.1) is 0 Å². The molecule has 3 nitrogen and oxygen atoms in total. The van der Waals surface area contributed by atoms with Crippen LogP contribution < -0.4 is 0 Å². The maximum Gasteiger partial charge on any atom is 0.419 e. The van der Waals surface area contributed by atoms with Gasteiger partial charge < -0.3 is 10.0 Å². The highest BCUT2D eigenvalue weighted by Gasteiger charge is 2.44. The first-order chi connectivity index (χ1) is 13.2. The van der Waals surface area contributed by atoms with Gasteiger partial charge >= 0.3 is 6.18 Å². The van der Waals surface area contributed by atoms with Crippen molar-refractivity contribution in [2.45, 2.75) is 49.9 Å². The molecule has 2 bridgehead atoms. The monoisotopic (exact) mass is 393 g/mol. The molecule has 28 heavy (non-hydrogen) atoms. The van der Waals surface area contributed by atoms with Crippen LogP contribution in [0, 0.1) is 5.82 Å². The maximum atomic E-state index is 13.2. The van der Waals surface area contributed by atoms with Gasteiger partial charge in [-0.3, -0.25) is 4.79 Å². The van der Waals surface area contributed by atoms with E-state index in [9.17, 15) is 27.5 Å². The third-order valence-corrected chi connectivity index (χ3v) is 5.86. The predicted molar refractivity (Wildman–Crippen MR) is 94.5 cm³/mol. The molecule has 0 aromatic heterocycles. The number of fused-ring (bicyclic) bond motifs is 2. The van der Waals surface area contributed by atoms with Crippen molar-refractivity contribution < 1.29 is 27.5 Å². The summed E-state index contributed by atoms with van der Waals surface area (Å²) in [6.07, 6.45) is -1.71. The zero-order valence-corrected chi connectivity index (χ0v) is 14.9. The van der Waals surface area contributed by atoms with Gasteiger partial charge in [0.1, 0.15) is 11.6 Å². The van der Waals surface area contributed by atoms with Crippen LogP contribution in [0.4, 0.5) is 17.6 Å². The summed E-state index contributed by atoms with van der Waals surface area (Å²) in [5.41, 5.74) is -0.247. The first kappa shape index (κ1) is 18.8. The number of carbonyl (C=O) groups excluding carboxylic acids is 1. The minimum Gasteiger partial charge on any atom is -0.507 e. The number of carbonyl (C=O) groups is 1. The standard InChI is InChI=1S/C21H19F4NO2/c22-15-4-1-12(2-5-15)14-9-16-6-7-17(10-14)26(16)20(28)13-3-8-19(27)18(11-13)21(23,24)25/h1-5,8,11,14,16-17,27H,6-7,9-10H2/t14?,16-,17+. The average Bonchev–Trinajstić information content (AvgIpc) is 2.90. The summed E-state index contributed by atoms with van der Waals surface area (Å²) in [5, 5.41) is 9.49. The molecule has 0 spiro atoms. The Labute approximate surface area is 159 Å². The van der Waals surface area contributed by atoms with Gasteiger partial charge in [0, 0.05) is 17.6 Å². The van der Waals surface area contributed by atoms with Crippen LogP contribution >= 0.6 is 0 Å². The summed E-state index contributed by atoms with van der Waals surface area (Å²) in [6, 6.07) is 9.13. The molecule has 148 valence electrons. The largest absolute Gasteiger partial charge is 0.507 e. The predicted octanol–water partition coefficient (Wildman–Crippen LogP) is 5.10. The fraction of sp³-hybridized carbons (Fsp3) is 0.381. The second-order valence-corrected chi connectivity index (χ2v) is 7.55. The highest BCUT2D eigenvalue weighted by Crippen LogP contribution is 2.44. The highest BCUT2D eigenvalue weighted by molar-refractivity contribution is 5.95. The zero-order valence-electron chi connectivity index (χ0n) is 14.9. The Kier molecular flexibility index (Phi) is 4.56. The Morgan fingerprint density at radius 1 is 1.00 bits per heavy atom. The van der Waals surface area contributed by atoms with E-state index in [1.807, 2.05) is 0 Å². The average molecular weight is 393 g/mol. The zero-order chi connectivity index (χ0) is 20.1. The number of halogens is 4. The minimum atomic E-state index is -4.73. The van der Waals surface area contributed by atoms with Gasteiger partial charge in [-0.05, 0) is 67.5 Å². The van der Waals surface area contributed by atoms with Crippen LogP contribution in [0.1, 0.15) is 53.1 Å². The van der Waals surface area contributed by atoms with E-state index in [0.29, 0.717) is 12.8 Å². The molecular formula is C21H19F4NO2. The number of hydrogen-bond acceptors (Lipinski definition) is 2. The van der Waals surface area contributed by atoms with Crippen molar-refractivity contribution in [2.24, 2.45) is 0 Å². The van der Waals surface area contributed by atoms with Crippen molar-refractivity contribution in [2.75, 3.05) is 0 Å². The Balaban J connectivity index is 1.56. The quantitative estimate of drug-likeness (QED) is 0.721. The van der Waals surface area contributed by atoms with Gasteiger partial charge in [-0.1, -0.05) is 12.1 Å². The number of piperidine rings is 1. The van der Waals surface area contributed by atoms with E-state index < -0.39 is 23.4 Å². The van der Waals surface area contributed by atoms with Crippen LogP contribution in [-0.2, 0) is 6.18 Å². The maximum absolute atomic E-state index is 13.2. The molecule has 1 N–H and O–H groups in total. The first-order valence-corrected chi connectivity index (χ1v) is 9.22. The summed E-state index contributed by atoms with van der Waals surface area (Å²) in [7, 11) is 0. The van der Waals surface area contributed by atoms with E-state index >= 15 is 0 Å². The summed E-state index contributed by atoms with van der Waals surface area (Å²) in [6.45, 7) is 0. The Bertz CT molecular complexity index is 880. The fourth-order valence-corrected chi connectivity index (χ4v) is 4.56. The van der Waals surface area contributed by atoms with Gasteiger partial charge in [-0.2, -0.15) is 13.2 Å². The SMILES string of the molecule is O=C(c1ccc(O)c(C(F)(F)F)c1)N1[C@@H]2CC[C@H]1CC(c1ccc(F)cc1)C2. The van der Waals surface area contributed by atoms with Gasteiger partial charge in [0.05, 0.1) is 5.56 Å². The molecule has 3 atom stereocenters. The molecule has 0 aliphatic carbocycles. The van der Waals surface area contributed by atoms with Crippen LogP contribution in [0.15, 0.2) is 42.5 Å². The van der Waals surface area contributed by atoms with E-state index in [2.05, 4.69) is 0 Å². The molecular weight excluding hydrogens is 374 g/mol. The van der Waals surface area contributed by atoms with E-state index in [1.54, 1.807) is 17.0 Å². The number of benzene rings is 2. The van der Waals surface area contributed by atoms with E-state index in [-0.39, 0.29) is 29.4 Å². The lowest BCUT2D eigenvalue weighted by Gasteiger charge is -2.39. The lowest BCUT2D eigenvalue weighted by atomic mass is 9.84. The third kappa shape index (κ3) is 3.34. The number of nitrogens with zero attached hydrogens (tertiary/aromatic N) is 1. The van der Waals surface area contributed by atoms with E-state index in [0.717, 1.165) is 30.5 Å². The molecule has 2 aromatic rings. The van der Waals surface area contributed by atoms with Crippen molar-refractivity contribution in [3.8, 4) is 5.75 Å². The number of phenolic OH excluding ortho intramolecular Hbond substituents is 1. The number of hydrogen-bond donors (Lipinski definition) is 1. The molecule has 2 heterocycles. The van der Waals surface area contributed by atoms with E-state index in [4.69, 9.17) is 0 Å². The molecule has 2 fully saturated rings. The van der Waals surface area contributed by atoms with Crippen molar-refractivity contribution in [3.63, 3.8) is 0 Å². The second kappa shape index (κ2) is 6.79. The molecule has 0 saturated carbocycles. The third-order valence-electron chi connectivity index (χ3n) is 5.86. The van der Waals surface area contributed by atoms with Gasteiger partial charge in [-0.25, -0.2) is 4.39 Å². The topological polar surface area (TPSA) is 40.5 Å². The van der Waals surface area contributed by atoms with Crippen molar-refractivity contribution in [1.29, 1.82) is 0 Å². The van der Waals surface area contributed by atoms with E-state index in [1.165, 1.54) is 18.2 Å². The molecule has 4 rings (SSSR count). The Hall–Kier alpha value is -2.57. The molecule has 2 saturated heterocycles. The van der Waals surface area contributed by atoms with Crippen LogP contribution in [0.2, 0.25) is 0 Å².